The maximum absolute atomic E-state index is 10.3. The summed E-state index contributed by atoms with van der Waals surface area (Å²) < 4.78 is 0. The van der Waals surface area contributed by atoms with Crippen molar-refractivity contribution in [2.75, 3.05) is 5.32 Å². The van der Waals surface area contributed by atoms with E-state index in [2.05, 4.69) is 10.3 Å². The molecule has 1 aliphatic carbocycles. The second kappa shape index (κ2) is 5.12. The molecule has 2 rings (SSSR count). The van der Waals surface area contributed by atoms with Gasteiger partial charge in [0.05, 0.1) is 5.69 Å². The highest BCUT2D eigenvalue weighted by atomic mass is 32.1. The van der Waals surface area contributed by atoms with Gasteiger partial charge in [-0.1, -0.05) is 6.42 Å². The minimum absolute atomic E-state index is 0.796. The van der Waals surface area contributed by atoms with E-state index in [1.54, 1.807) is 11.3 Å². The van der Waals surface area contributed by atoms with Gasteiger partial charge in [-0.25, -0.2) is 9.78 Å². The van der Waals surface area contributed by atoms with Gasteiger partial charge in [0.1, 0.15) is 0 Å². The van der Waals surface area contributed by atoms with Crippen molar-refractivity contribution in [3.05, 3.63) is 22.8 Å². The molecule has 0 aromatic carbocycles. The van der Waals surface area contributed by atoms with Crippen LogP contribution in [-0.2, 0) is 17.6 Å². The Morgan fingerprint density at radius 3 is 3.00 bits per heavy atom. The SMILES string of the molecule is O=C(O)/C=C/Nc1nc2c(s1)CCCCC2. The lowest BCUT2D eigenvalue weighted by atomic mass is 10.2. The molecule has 1 aliphatic rings. The van der Waals surface area contributed by atoms with Crippen LogP contribution in [0.1, 0.15) is 29.8 Å². The zero-order valence-electron chi connectivity index (χ0n) is 8.90. The standard InChI is InChI=1S/C11H14N2O2S/c14-10(15)6-7-12-11-13-8-4-2-1-3-5-9(8)16-11/h6-7H,1-5H2,(H,12,13)(H,14,15)/b7-6+. The maximum atomic E-state index is 10.3. The van der Waals surface area contributed by atoms with Crippen LogP contribution in [0.2, 0.25) is 0 Å². The molecule has 0 radical (unpaired) electrons. The predicted octanol–water partition coefficient (Wildman–Crippen LogP) is 2.42. The molecule has 1 aromatic rings. The molecule has 1 aromatic heterocycles. The van der Waals surface area contributed by atoms with E-state index in [1.807, 2.05) is 0 Å². The van der Waals surface area contributed by atoms with Gasteiger partial charge in [0.15, 0.2) is 5.13 Å². The van der Waals surface area contributed by atoms with Crippen LogP contribution >= 0.6 is 11.3 Å². The fourth-order valence-electron chi connectivity index (χ4n) is 1.77. The summed E-state index contributed by atoms with van der Waals surface area (Å²) in [6, 6.07) is 0. The summed E-state index contributed by atoms with van der Waals surface area (Å²) in [4.78, 5) is 16.1. The van der Waals surface area contributed by atoms with Gasteiger partial charge in [0.25, 0.3) is 0 Å². The van der Waals surface area contributed by atoms with Gasteiger partial charge < -0.3 is 10.4 Å². The molecule has 0 fully saturated rings. The maximum Gasteiger partial charge on any atom is 0.329 e. The number of carbonyl (C=O) groups is 1. The summed E-state index contributed by atoms with van der Waals surface area (Å²) in [6.45, 7) is 0. The highest BCUT2D eigenvalue weighted by Gasteiger charge is 2.13. The first-order valence-electron chi connectivity index (χ1n) is 5.40. The first-order valence-corrected chi connectivity index (χ1v) is 6.22. The number of nitrogens with zero attached hydrogens (tertiary/aromatic N) is 1. The lowest BCUT2D eigenvalue weighted by molar-refractivity contribution is -0.131. The Morgan fingerprint density at radius 2 is 2.19 bits per heavy atom. The number of nitrogens with one attached hydrogen (secondary N) is 1. The molecule has 16 heavy (non-hydrogen) atoms. The third kappa shape index (κ3) is 2.82. The molecule has 0 spiro atoms. The molecule has 0 unspecified atom stereocenters. The van der Waals surface area contributed by atoms with E-state index in [-0.39, 0.29) is 0 Å². The molecule has 1 heterocycles. The number of hydrogen-bond acceptors (Lipinski definition) is 4. The average molecular weight is 238 g/mol. The van der Waals surface area contributed by atoms with Gasteiger partial charge in [-0.05, 0) is 25.7 Å². The van der Waals surface area contributed by atoms with Crippen LogP contribution < -0.4 is 5.32 Å². The number of hydrogen-bond donors (Lipinski definition) is 2. The fraction of sp³-hybridized carbons (Fsp3) is 0.455. The van der Waals surface area contributed by atoms with E-state index in [0.717, 1.165) is 24.0 Å². The average Bonchev–Trinajstić information content (AvgIpc) is 2.48. The molecule has 86 valence electrons. The molecule has 0 bridgehead atoms. The van der Waals surface area contributed by atoms with Crippen LogP contribution in [0.15, 0.2) is 12.3 Å². The largest absolute Gasteiger partial charge is 0.478 e. The van der Waals surface area contributed by atoms with Crippen molar-refractivity contribution < 1.29 is 9.90 Å². The summed E-state index contributed by atoms with van der Waals surface area (Å²) >= 11 is 1.63. The van der Waals surface area contributed by atoms with Gasteiger partial charge in [-0.15, -0.1) is 11.3 Å². The van der Waals surface area contributed by atoms with Crippen LogP contribution in [0.5, 0.6) is 0 Å². The monoisotopic (exact) mass is 238 g/mol. The number of carboxylic acid groups (broad SMARTS) is 1. The summed E-state index contributed by atoms with van der Waals surface area (Å²) in [5, 5.41) is 12.1. The minimum atomic E-state index is -0.953. The molecular formula is C11H14N2O2S. The number of rotatable bonds is 3. The van der Waals surface area contributed by atoms with E-state index >= 15 is 0 Å². The van der Waals surface area contributed by atoms with Crippen LogP contribution in [0, 0.1) is 0 Å². The number of aryl methyl sites for hydroxylation is 2. The Labute approximate surface area is 98.0 Å². The van der Waals surface area contributed by atoms with Gasteiger partial charge in [0.2, 0.25) is 0 Å². The van der Waals surface area contributed by atoms with Crippen molar-refractivity contribution >= 4 is 22.4 Å². The fourth-order valence-corrected chi connectivity index (χ4v) is 2.80. The molecule has 0 aliphatic heterocycles. The zero-order valence-corrected chi connectivity index (χ0v) is 9.72. The number of aromatic nitrogens is 1. The topological polar surface area (TPSA) is 62.2 Å². The van der Waals surface area contributed by atoms with Crippen molar-refractivity contribution in [1.29, 1.82) is 0 Å². The Balaban J connectivity index is 2.04. The predicted molar refractivity (Wildman–Crippen MR) is 63.8 cm³/mol. The number of anilines is 1. The van der Waals surface area contributed by atoms with Crippen LogP contribution in [-0.4, -0.2) is 16.1 Å². The smallest absolute Gasteiger partial charge is 0.329 e. The van der Waals surface area contributed by atoms with Crippen molar-refractivity contribution in [2.45, 2.75) is 32.1 Å². The normalized spacial score (nSPS) is 15.8. The van der Waals surface area contributed by atoms with Gasteiger partial charge in [-0.2, -0.15) is 0 Å². The van der Waals surface area contributed by atoms with Gasteiger partial charge in [0, 0.05) is 17.2 Å². The van der Waals surface area contributed by atoms with E-state index in [1.165, 1.54) is 36.0 Å². The molecule has 5 heteroatoms. The van der Waals surface area contributed by atoms with Crippen molar-refractivity contribution in [3.63, 3.8) is 0 Å². The number of fused-ring (bicyclic) bond motifs is 1. The molecular weight excluding hydrogens is 224 g/mol. The Bertz CT molecular complexity index is 389. The first-order chi connectivity index (χ1) is 7.75. The summed E-state index contributed by atoms with van der Waals surface area (Å²) in [5.41, 5.74) is 1.19. The molecule has 4 nitrogen and oxygen atoms in total. The van der Waals surface area contributed by atoms with Gasteiger partial charge >= 0.3 is 5.97 Å². The third-order valence-electron chi connectivity index (χ3n) is 2.53. The van der Waals surface area contributed by atoms with Crippen molar-refractivity contribution in [1.82, 2.24) is 4.98 Å². The Morgan fingerprint density at radius 1 is 1.38 bits per heavy atom. The Hall–Kier alpha value is -1.36. The minimum Gasteiger partial charge on any atom is -0.478 e. The second-order valence-electron chi connectivity index (χ2n) is 3.77. The lowest BCUT2D eigenvalue weighted by Crippen LogP contribution is -1.92. The number of carboxylic acids is 1. The zero-order chi connectivity index (χ0) is 11.4. The van der Waals surface area contributed by atoms with Crippen molar-refractivity contribution in [2.24, 2.45) is 0 Å². The molecule has 2 N–H and O–H groups in total. The summed E-state index contributed by atoms with van der Waals surface area (Å²) in [7, 11) is 0. The van der Waals surface area contributed by atoms with E-state index in [9.17, 15) is 4.79 Å². The van der Waals surface area contributed by atoms with E-state index in [0.29, 0.717) is 0 Å². The molecule has 0 atom stereocenters. The molecule has 0 saturated heterocycles. The quantitative estimate of drug-likeness (QED) is 0.627. The van der Waals surface area contributed by atoms with E-state index < -0.39 is 5.97 Å². The number of thiazole rings is 1. The lowest BCUT2D eigenvalue weighted by Gasteiger charge is -1.93. The van der Waals surface area contributed by atoms with Crippen LogP contribution in [0.4, 0.5) is 5.13 Å². The molecule has 0 amide bonds. The third-order valence-corrected chi connectivity index (χ3v) is 3.62. The highest BCUT2D eigenvalue weighted by molar-refractivity contribution is 7.15. The van der Waals surface area contributed by atoms with Crippen LogP contribution in [0.25, 0.3) is 0 Å². The van der Waals surface area contributed by atoms with Gasteiger partial charge in [-0.3, -0.25) is 0 Å². The van der Waals surface area contributed by atoms with Crippen LogP contribution in [0.3, 0.4) is 0 Å². The summed E-state index contributed by atoms with van der Waals surface area (Å²) in [6.07, 6.45) is 8.38. The second-order valence-corrected chi connectivity index (χ2v) is 4.85. The van der Waals surface area contributed by atoms with Crippen molar-refractivity contribution in [3.8, 4) is 0 Å². The first kappa shape index (κ1) is 11.1. The van der Waals surface area contributed by atoms with E-state index in [4.69, 9.17) is 5.11 Å². The summed E-state index contributed by atoms with van der Waals surface area (Å²) in [5.74, 6) is -0.953. The highest BCUT2D eigenvalue weighted by Crippen LogP contribution is 2.28. The Kier molecular flexibility index (Phi) is 3.56. The molecule has 0 saturated carbocycles. The number of aliphatic carboxylic acids is 1.